The van der Waals surface area contributed by atoms with E-state index in [2.05, 4.69) is 14.9 Å². The quantitative estimate of drug-likeness (QED) is 0.706. The molecule has 0 bridgehead atoms. The highest BCUT2D eigenvalue weighted by atomic mass is 32.1. The van der Waals surface area contributed by atoms with E-state index in [-0.39, 0.29) is 5.91 Å². The first kappa shape index (κ1) is 18.4. The molecule has 28 heavy (non-hydrogen) atoms. The van der Waals surface area contributed by atoms with Crippen LogP contribution in [0.5, 0.6) is 0 Å². The van der Waals surface area contributed by atoms with Gasteiger partial charge >= 0.3 is 0 Å². The summed E-state index contributed by atoms with van der Waals surface area (Å²) in [4.78, 5) is 36.7. The lowest BCUT2D eigenvalue weighted by atomic mass is 10.3. The van der Waals surface area contributed by atoms with Crippen molar-refractivity contribution in [1.82, 2.24) is 19.4 Å². The van der Waals surface area contributed by atoms with Gasteiger partial charge in [0, 0.05) is 44.5 Å². The second kappa shape index (κ2) is 7.97. The van der Waals surface area contributed by atoms with Gasteiger partial charge in [0.15, 0.2) is 5.13 Å². The van der Waals surface area contributed by atoms with Crippen LogP contribution in [0.1, 0.15) is 23.3 Å². The maximum absolute atomic E-state index is 12.7. The standard InChI is InChI=1S/C19H22N6O2S/c20-18(27)15-12-28-19(22-15)24-8-3-7-23(10-11-24)17(26)6-9-25-13-21-14-4-1-2-5-16(14)25/h1-2,4-5,12-13H,3,6-11H2,(H2,20,27). The molecule has 9 heteroatoms. The van der Waals surface area contributed by atoms with Crippen LogP contribution in [0.2, 0.25) is 0 Å². The highest BCUT2D eigenvalue weighted by Gasteiger charge is 2.21. The molecular weight excluding hydrogens is 376 g/mol. The highest BCUT2D eigenvalue weighted by molar-refractivity contribution is 7.13. The molecule has 1 aromatic carbocycles. The SMILES string of the molecule is NC(=O)c1csc(N2CCCN(C(=O)CCn3cnc4ccccc43)CC2)n1. The molecule has 1 fully saturated rings. The van der Waals surface area contributed by atoms with Gasteiger partial charge in [-0.3, -0.25) is 9.59 Å². The van der Waals surface area contributed by atoms with Gasteiger partial charge < -0.3 is 20.1 Å². The number of hydrogen-bond acceptors (Lipinski definition) is 6. The molecule has 3 aromatic rings. The van der Waals surface area contributed by atoms with Crippen LogP contribution in [-0.4, -0.2) is 57.4 Å². The number of thiazole rings is 1. The van der Waals surface area contributed by atoms with E-state index in [0.29, 0.717) is 31.7 Å². The van der Waals surface area contributed by atoms with Crippen molar-refractivity contribution in [3.8, 4) is 0 Å². The number of carbonyl (C=O) groups excluding carboxylic acids is 2. The minimum atomic E-state index is -0.513. The topological polar surface area (TPSA) is 97.4 Å². The van der Waals surface area contributed by atoms with Crippen molar-refractivity contribution in [2.24, 2.45) is 5.73 Å². The van der Waals surface area contributed by atoms with Gasteiger partial charge in [-0.25, -0.2) is 9.97 Å². The van der Waals surface area contributed by atoms with E-state index in [0.717, 1.165) is 35.7 Å². The molecule has 0 saturated carbocycles. The summed E-state index contributed by atoms with van der Waals surface area (Å²) in [5.41, 5.74) is 7.57. The Morgan fingerprint density at radius 3 is 2.82 bits per heavy atom. The smallest absolute Gasteiger partial charge is 0.268 e. The van der Waals surface area contributed by atoms with Crippen molar-refractivity contribution in [2.45, 2.75) is 19.4 Å². The number of aryl methyl sites for hydroxylation is 1. The summed E-state index contributed by atoms with van der Waals surface area (Å²) >= 11 is 1.41. The van der Waals surface area contributed by atoms with Crippen molar-refractivity contribution >= 4 is 39.3 Å². The Bertz CT molecular complexity index is 997. The fourth-order valence-electron chi connectivity index (χ4n) is 3.44. The average Bonchev–Trinajstić information content (AvgIpc) is 3.28. The molecule has 3 heterocycles. The first-order valence-electron chi connectivity index (χ1n) is 9.30. The largest absolute Gasteiger partial charge is 0.364 e. The predicted molar refractivity (Wildman–Crippen MR) is 108 cm³/mol. The Balaban J connectivity index is 1.34. The monoisotopic (exact) mass is 398 g/mol. The maximum Gasteiger partial charge on any atom is 0.268 e. The zero-order chi connectivity index (χ0) is 19.5. The summed E-state index contributed by atoms with van der Waals surface area (Å²) in [7, 11) is 0. The summed E-state index contributed by atoms with van der Waals surface area (Å²) < 4.78 is 2.03. The second-order valence-corrected chi connectivity index (χ2v) is 7.61. The molecule has 0 aliphatic carbocycles. The number of nitrogens with two attached hydrogens (primary N) is 1. The van der Waals surface area contributed by atoms with Crippen LogP contribution in [-0.2, 0) is 11.3 Å². The Kier molecular flexibility index (Phi) is 5.25. The van der Waals surface area contributed by atoms with E-state index in [1.807, 2.05) is 33.7 Å². The average molecular weight is 398 g/mol. The summed E-state index contributed by atoms with van der Waals surface area (Å²) in [5, 5.41) is 2.47. The Morgan fingerprint density at radius 2 is 2.00 bits per heavy atom. The number of benzene rings is 1. The van der Waals surface area contributed by atoms with E-state index >= 15 is 0 Å². The van der Waals surface area contributed by atoms with Gasteiger partial charge in [0.1, 0.15) is 5.69 Å². The normalized spacial score (nSPS) is 15.0. The van der Waals surface area contributed by atoms with E-state index < -0.39 is 5.91 Å². The zero-order valence-corrected chi connectivity index (χ0v) is 16.3. The molecule has 1 aliphatic heterocycles. The van der Waals surface area contributed by atoms with Crippen molar-refractivity contribution in [1.29, 1.82) is 0 Å². The van der Waals surface area contributed by atoms with Crippen molar-refractivity contribution < 1.29 is 9.59 Å². The number of amides is 2. The molecule has 4 rings (SSSR count). The Hall–Kier alpha value is -2.94. The fraction of sp³-hybridized carbons (Fsp3) is 0.368. The first-order valence-corrected chi connectivity index (χ1v) is 10.2. The molecule has 1 aliphatic rings. The van der Waals surface area contributed by atoms with Crippen molar-refractivity contribution in [3.05, 3.63) is 41.7 Å². The molecule has 0 unspecified atom stereocenters. The number of imidazole rings is 1. The van der Waals surface area contributed by atoms with Crippen LogP contribution in [0.4, 0.5) is 5.13 Å². The first-order chi connectivity index (χ1) is 13.6. The third-order valence-electron chi connectivity index (χ3n) is 4.96. The summed E-state index contributed by atoms with van der Waals surface area (Å²) in [5.74, 6) is -0.363. The van der Waals surface area contributed by atoms with Crippen LogP contribution in [0, 0.1) is 0 Å². The van der Waals surface area contributed by atoms with Crippen LogP contribution in [0.15, 0.2) is 36.0 Å². The summed E-state index contributed by atoms with van der Waals surface area (Å²) in [6.07, 6.45) is 3.11. The third-order valence-corrected chi connectivity index (χ3v) is 5.86. The van der Waals surface area contributed by atoms with Crippen molar-refractivity contribution in [3.63, 3.8) is 0 Å². The summed E-state index contributed by atoms with van der Waals surface area (Å²) in [6, 6.07) is 7.93. The van der Waals surface area contributed by atoms with Crippen LogP contribution >= 0.6 is 11.3 Å². The molecular formula is C19H22N6O2S. The van der Waals surface area contributed by atoms with Crippen LogP contribution in [0.25, 0.3) is 11.0 Å². The number of fused-ring (bicyclic) bond motifs is 1. The lowest BCUT2D eigenvalue weighted by Crippen LogP contribution is -2.35. The number of primary amides is 1. The molecule has 146 valence electrons. The van der Waals surface area contributed by atoms with Gasteiger partial charge in [0.05, 0.1) is 17.4 Å². The number of carbonyl (C=O) groups is 2. The number of anilines is 1. The van der Waals surface area contributed by atoms with E-state index in [1.54, 1.807) is 11.7 Å². The minimum absolute atomic E-state index is 0.150. The number of para-hydroxylation sites is 2. The van der Waals surface area contributed by atoms with Gasteiger partial charge in [-0.1, -0.05) is 12.1 Å². The lowest BCUT2D eigenvalue weighted by Gasteiger charge is -2.22. The highest BCUT2D eigenvalue weighted by Crippen LogP contribution is 2.22. The molecule has 2 aromatic heterocycles. The number of aromatic nitrogens is 3. The van der Waals surface area contributed by atoms with Gasteiger partial charge in [0.25, 0.3) is 5.91 Å². The Morgan fingerprint density at radius 1 is 1.14 bits per heavy atom. The van der Waals surface area contributed by atoms with Crippen LogP contribution in [0.3, 0.4) is 0 Å². The minimum Gasteiger partial charge on any atom is -0.364 e. The number of rotatable bonds is 5. The van der Waals surface area contributed by atoms with Gasteiger partial charge in [-0.2, -0.15) is 0 Å². The molecule has 8 nitrogen and oxygen atoms in total. The second-order valence-electron chi connectivity index (χ2n) is 6.78. The van der Waals surface area contributed by atoms with E-state index in [4.69, 9.17) is 5.73 Å². The number of nitrogens with zero attached hydrogens (tertiary/aromatic N) is 5. The predicted octanol–water partition coefficient (Wildman–Crippen LogP) is 1.72. The van der Waals surface area contributed by atoms with Crippen LogP contribution < -0.4 is 10.6 Å². The van der Waals surface area contributed by atoms with E-state index in [1.165, 1.54) is 11.3 Å². The molecule has 0 spiro atoms. The van der Waals surface area contributed by atoms with Gasteiger partial charge in [-0.05, 0) is 18.6 Å². The molecule has 2 amide bonds. The third kappa shape index (κ3) is 3.84. The van der Waals surface area contributed by atoms with Crippen molar-refractivity contribution in [2.75, 3.05) is 31.1 Å². The number of hydrogen-bond donors (Lipinski definition) is 1. The fourth-order valence-corrected chi connectivity index (χ4v) is 4.31. The maximum atomic E-state index is 12.7. The molecule has 0 radical (unpaired) electrons. The molecule has 2 N–H and O–H groups in total. The zero-order valence-electron chi connectivity index (χ0n) is 15.5. The van der Waals surface area contributed by atoms with E-state index in [9.17, 15) is 9.59 Å². The molecule has 1 saturated heterocycles. The lowest BCUT2D eigenvalue weighted by molar-refractivity contribution is -0.131. The molecule has 0 atom stereocenters. The van der Waals surface area contributed by atoms with Gasteiger partial charge in [-0.15, -0.1) is 11.3 Å². The summed E-state index contributed by atoms with van der Waals surface area (Å²) in [6.45, 7) is 3.50. The van der Waals surface area contributed by atoms with Gasteiger partial charge in [0.2, 0.25) is 5.91 Å². The Labute approximate surface area is 166 Å².